The summed E-state index contributed by atoms with van der Waals surface area (Å²) in [5, 5.41) is 7.50. The van der Waals surface area contributed by atoms with Crippen molar-refractivity contribution in [2.75, 3.05) is 7.05 Å². The molecular formula is C12H12Cl2N4O. The average molecular weight is 299 g/mol. The van der Waals surface area contributed by atoms with Crippen LogP contribution in [0.15, 0.2) is 18.2 Å². The van der Waals surface area contributed by atoms with Gasteiger partial charge in [-0.2, -0.15) is 5.10 Å². The number of nitrogens with zero attached hydrogens (tertiary/aromatic N) is 3. The van der Waals surface area contributed by atoms with Crippen LogP contribution < -0.4 is 0 Å². The van der Waals surface area contributed by atoms with E-state index in [0.29, 0.717) is 33.8 Å². The van der Waals surface area contributed by atoms with Gasteiger partial charge in [-0.25, -0.2) is 4.98 Å². The molecule has 0 fully saturated rings. The predicted molar refractivity (Wildman–Crippen MR) is 73.4 cm³/mol. The van der Waals surface area contributed by atoms with E-state index in [1.807, 2.05) is 0 Å². The predicted octanol–water partition coefficient (Wildman–Crippen LogP) is 2.69. The van der Waals surface area contributed by atoms with Crippen molar-refractivity contribution in [1.29, 1.82) is 0 Å². The number of nitrogens with one attached hydrogen (secondary N) is 1. The number of amides is 1. The number of aromatic amines is 1. The number of hydrogen-bond acceptors (Lipinski definition) is 3. The first-order valence-electron chi connectivity index (χ1n) is 5.56. The zero-order valence-corrected chi connectivity index (χ0v) is 12.0. The molecule has 0 aliphatic carbocycles. The zero-order chi connectivity index (χ0) is 14.0. The number of rotatable bonds is 3. The molecule has 0 atom stereocenters. The van der Waals surface area contributed by atoms with Crippen molar-refractivity contribution in [1.82, 2.24) is 20.1 Å². The molecule has 2 rings (SSSR count). The molecule has 0 unspecified atom stereocenters. The van der Waals surface area contributed by atoms with Gasteiger partial charge in [-0.15, -0.1) is 0 Å². The van der Waals surface area contributed by atoms with E-state index in [2.05, 4.69) is 15.2 Å². The number of halogens is 2. The molecule has 1 heterocycles. The van der Waals surface area contributed by atoms with Gasteiger partial charge in [0.15, 0.2) is 5.82 Å². The number of carbonyl (C=O) groups is 1. The summed E-state index contributed by atoms with van der Waals surface area (Å²) < 4.78 is 0. The van der Waals surface area contributed by atoms with Gasteiger partial charge in [0, 0.05) is 12.6 Å². The second-order valence-electron chi connectivity index (χ2n) is 4.13. The highest BCUT2D eigenvalue weighted by molar-refractivity contribution is 6.42. The lowest BCUT2D eigenvalue weighted by Gasteiger charge is -2.15. The minimum atomic E-state index is -0.166. The van der Waals surface area contributed by atoms with Crippen molar-refractivity contribution < 1.29 is 4.79 Å². The third-order valence-corrected chi connectivity index (χ3v) is 3.27. The van der Waals surface area contributed by atoms with Crippen molar-refractivity contribution in [3.05, 3.63) is 45.5 Å². The number of aromatic nitrogens is 3. The van der Waals surface area contributed by atoms with E-state index < -0.39 is 0 Å². The number of carbonyl (C=O) groups excluding carboxylic acids is 1. The third kappa shape index (κ3) is 3.24. The highest BCUT2D eigenvalue weighted by Crippen LogP contribution is 2.23. The molecule has 1 N–H and O–H groups in total. The number of H-pyrrole nitrogens is 1. The lowest BCUT2D eigenvalue weighted by Crippen LogP contribution is -2.26. The molecule has 0 saturated carbocycles. The van der Waals surface area contributed by atoms with Gasteiger partial charge in [0.05, 0.1) is 16.6 Å². The van der Waals surface area contributed by atoms with Crippen LogP contribution in [0.1, 0.15) is 22.0 Å². The van der Waals surface area contributed by atoms with Crippen LogP contribution in [0.3, 0.4) is 0 Å². The molecule has 5 nitrogen and oxygen atoms in total. The van der Waals surface area contributed by atoms with Crippen molar-refractivity contribution in [2.45, 2.75) is 13.5 Å². The van der Waals surface area contributed by atoms with E-state index in [1.54, 1.807) is 32.2 Å². The quantitative estimate of drug-likeness (QED) is 0.948. The van der Waals surface area contributed by atoms with Gasteiger partial charge in [0.25, 0.3) is 5.91 Å². The summed E-state index contributed by atoms with van der Waals surface area (Å²) in [4.78, 5) is 17.8. The molecule has 19 heavy (non-hydrogen) atoms. The summed E-state index contributed by atoms with van der Waals surface area (Å²) in [6.07, 6.45) is 0. The Kier molecular flexibility index (Phi) is 4.07. The number of benzene rings is 1. The highest BCUT2D eigenvalue weighted by atomic mass is 35.5. The highest BCUT2D eigenvalue weighted by Gasteiger charge is 2.15. The molecule has 0 bridgehead atoms. The first kappa shape index (κ1) is 13.8. The minimum absolute atomic E-state index is 0.166. The lowest BCUT2D eigenvalue weighted by atomic mass is 10.2. The van der Waals surface area contributed by atoms with E-state index >= 15 is 0 Å². The maximum atomic E-state index is 12.2. The molecule has 2 aromatic rings. The Bertz CT molecular complexity index is 612. The van der Waals surface area contributed by atoms with E-state index in [-0.39, 0.29) is 5.91 Å². The van der Waals surface area contributed by atoms with Crippen LogP contribution in [0.2, 0.25) is 10.0 Å². The SMILES string of the molecule is Cc1nc(CN(C)C(=O)c2ccc(Cl)c(Cl)c2)n[nH]1. The standard InChI is InChI=1S/C12H12Cl2N4O/c1-7-15-11(17-16-7)6-18(2)12(19)8-3-4-9(13)10(14)5-8/h3-5H,6H2,1-2H3,(H,15,16,17). The largest absolute Gasteiger partial charge is 0.334 e. The monoisotopic (exact) mass is 298 g/mol. The van der Waals surface area contributed by atoms with E-state index in [9.17, 15) is 4.79 Å². The van der Waals surface area contributed by atoms with Gasteiger partial charge in [-0.3, -0.25) is 9.89 Å². The first-order chi connectivity index (χ1) is 8.97. The fourth-order valence-corrected chi connectivity index (χ4v) is 1.89. The summed E-state index contributed by atoms with van der Waals surface area (Å²) in [6, 6.07) is 4.78. The summed E-state index contributed by atoms with van der Waals surface area (Å²) in [5.74, 6) is 1.11. The Morgan fingerprint density at radius 1 is 1.37 bits per heavy atom. The Morgan fingerprint density at radius 3 is 2.68 bits per heavy atom. The third-order valence-electron chi connectivity index (χ3n) is 2.54. The molecule has 1 amide bonds. The van der Waals surface area contributed by atoms with Crippen LogP contribution >= 0.6 is 23.2 Å². The molecule has 0 radical (unpaired) electrons. The second kappa shape index (κ2) is 5.59. The maximum absolute atomic E-state index is 12.2. The molecular weight excluding hydrogens is 287 g/mol. The summed E-state index contributed by atoms with van der Waals surface area (Å²) in [7, 11) is 1.68. The van der Waals surface area contributed by atoms with Crippen LogP contribution in [0.25, 0.3) is 0 Å². The van der Waals surface area contributed by atoms with Gasteiger partial charge >= 0.3 is 0 Å². The Hall–Kier alpha value is -1.59. The molecule has 1 aromatic carbocycles. The topological polar surface area (TPSA) is 61.9 Å². The smallest absolute Gasteiger partial charge is 0.254 e. The van der Waals surface area contributed by atoms with Crippen LogP contribution in [0, 0.1) is 6.92 Å². The van der Waals surface area contributed by atoms with Gasteiger partial charge < -0.3 is 4.90 Å². The molecule has 0 spiro atoms. The zero-order valence-electron chi connectivity index (χ0n) is 10.4. The van der Waals surface area contributed by atoms with Crippen LogP contribution in [0.5, 0.6) is 0 Å². The van der Waals surface area contributed by atoms with E-state index in [0.717, 1.165) is 0 Å². The second-order valence-corrected chi connectivity index (χ2v) is 4.94. The van der Waals surface area contributed by atoms with Crippen LogP contribution in [-0.2, 0) is 6.54 Å². The molecule has 0 aliphatic rings. The lowest BCUT2D eigenvalue weighted by molar-refractivity contribution is 0.0781. The van der Waals surface area contributed by atoms with Crippen LogP contribution in [0.4, 0.5) is 0 Å². The normalized spacial score (nSPS) is 10.5. The van der Waals surface area contributed by atoms with E-state index in [4.69, 9.17) is 23.2 Å². The van der Waals surface area contributed by atoms with Crippen molar-refractivity contribution >= 4 is 29.1 Å². The summed E-state index contributed by atoms with van der Waals surface area (Å²) in [6.45, 7) is 2.13. The van der Waals surface area contributed by atoms with Gasteiger partial charge in [0.2, 0.25) is 0 Å². The minimum Gasteiger partial charge on any atom is -0.334 e. The number of hydrogen-bond donors (Lipinski definition) is 1. The molecule has 1 aromatic heterocycles. The first-order valence-corrected chi connectivity index (χ1v) is 6.31. The van der Waals surface area contributed by atoms with Gasteiger partial charge in [0.1, 0.15) is 5.82 Å². The fourth-order valence-electron chi connectivity index (χ4n) is 1.59. The summed E-state index contributed by atoms with van der Waals surface area (Å²) in [5.41, 5.74) is 0.476. The van der Waals surface area contributed by atoms with Crippen molar-refractivity contribution in [2.24, 2.45) is 0 Å². The molecule has 100 valence electrons. The van der Waals surface area contributed by atoms with Crippen molar-refractivity contribution in [3.63, 3.8) is 0 Å². The fraction of sp³-hybridized carbons (Fsp3) is 0.250. The average Bonchev–Trinajstić information content (AvgIpc) is 2.77. The Labute approximate surface area is 120 Å². The summed E-state index contributed by atoms with van der Waals surface area (Å²) >= 11 is 11.7. The van der Waals surface area contributed by atoms with E-state index in [1.165, 1.54) is 4.90 Å². The Morgan fingerprint density at radius 2 is 2.11 bits per heavy atom. The molecule has 7 heteroatoms. The van der Waals surface area contributed by atoms with Gasteiger partial charge in [-0.05, 0) is 25.1 Å². The Balaban J connectivity index is 2.12. The maximum Gasteiger partial charge on any atom is 0.254 e. The van der Waals surface area contributed by atoms with Gasteiger partial charge in [-0.1, -0.05) is 23.2 Å². The van der Waals surface area contributed by atoms with Crippen molar-refractivity contribution in [3.8, 4) is 0 Å². The van der Waals surface area contributed by atoms with Crippen LogP contribution in [-0.4, -0.2) is 33.0 Å². The molecule has 0 aliphatic heterocycles. The molecule has 0 saturated heterocycles. The number of aryl methyl sites for hydroxylation is 1.